The first kappa shape index (κ1) is 14.6. The molecule has 0 aliphatic carbocycles. The fraction of sp³-hybridized carbons (Fsp3) is 0.417. The molecule has 0 fully saturated rings. The van der Waals surface area contributed by atoms with Gasteiger partial charge in [-0.3, -0.25) is 0 Å². The number of ether oxygens (including phenoxy) is 1. The molecule has 0 atom stereocenters. The normalized spacial score (nSPS) is 12.6. The molecule has 0 amide bonds. The van der Waals surface area contributed by atoms with Gasteiger partial charge in [-0.2, -0.15) is 0 Å². The third kappa shape index (κ3) is 3.50. The maximum absolute atomic E-state index is 13.5. The largest absolute Gasteiger partial charge is 0.490 e. The van der Waals surface area contributed by atoms with Gasteiger partial charge in [0.15, 0.2) is 11.6 Å². The van der Waals surface area contributed by atoms with Gasteiger partial charge >= 0.3 is 0 Å². The first-order valence-corrected chi connectivity index (χ1v) is 5.81. The number of amidine groups is 1. The molecule has 0 radical (unpaired) electrons. The van der Waals surface area contributed by atoms with Crippen LogP contribution in [0.4, 0.5) is 4.39 Å². The third-order valence-corrected chi connectivity index (χ3v) is 2.99. The van der Waals surface area contributed by atoms with Gasteiger partial charge in [0.1, 0.15) is 5.84 Å². The summed E-state index contributed by atoms with van der Waals surface area (Å²) in [5, 5.41) is 11.6. The molecule has 1 rings (SSSR count). The number of nitrogens with two attached hydrogens (primary N) is 1. The van der Waals surface area contributed by atoms with Gasteiger partial charge < -0.3 is 15.7 Å². The minimum Gasteiger partial charge on any atom is -0.490 e. The molecule has 100 valence electrons. The average Bonchev–Trinajstić information content (AvgIpc) is 2.33. The molecule has 18 heavy (non-hydrogen) atoms. The number of nitrogens with zero attached hydrogens (tertiary/aromatic N) is 1. The summed E-state index contributed by atoms with van der Waals surface area (Å²) in [7, 11) is 0. The Labute approximate surface area is 110 Å². The number of hydrogen-bond donors (Lipinski definition) is 2. The van der Waals surface area contributed by atoms with Crippen molar-refractivity contribution in [1.82, 2.24) is 0 Å². The Balaban J connectivity index is 2.60. The van der Waals surface area contributed by atoms with E-state index in [1.807, 2.05) is 0 Å². The van der Waals surface area contributed by atoms with Crippen molar-refractivity contribution in [3.63, 3.8) is 0 Å². The second kappa shape index (κ2) is 5.91. The summed E-state index contributed by atoms with van der Waals surface area (Å²) in [5.74, 6) is -0.378. The number of benzene rings is 1. The van der Waals surface area contributed by atoms with Crippen LogP contribution in [0.3, 0.4) is 0 Å². The van der Waals surface area contributed by atoms with Crippen molar-refractivity contribution < 1.29 is 14.3 Å². The van der Waals surface area contributed by atoms with E-state index < -0.39 is 11.2 Å². The Morgan fingerprint density at radius 1 is 1.56 bits per heavy atom. The third-order valence-electron chi connectivity index (χ3n) is 2.70. The van der Waals surface area contributed by atoms with E-state index in [9.17, 15) is 4.39 Å². The summed E-state index contributed by atoms with van der Waals surface area (Å²) in [6, 6.07) is 4.55. The average molecular weight is 275 g/mol. The molecular weight excluding hydrogens is 259 g/mol. The van der Waals surface area contributed by atoms with E-state index in [0.29, 0.717) is 6.42 Å². The lowest BCUT2D eigenvalue weighted by Gasteiger charge is -2.22. The molecule has 0 saturated heterocycles. The van der Waals surface area contributed by atoms with Gasteiger partial charge in [0.2, 0.25) is 0 Å². The van der Waals surface area contributed by atoms with Crippen molar-refractivity contribution in [3.05, 3.63) is 29.0 Å². The van der Waals surface area contributed by atoms with Gasteiger partial charge in [0.25, 0.3) is 0 Å². The summed E-state index contributed by atoms with van der Waals surface area (Å²) < 4.78 is 18.8. The minimum atomic E-state index is -0.583. The number of oxime groups is 1. The Kier molecular flexibility index (Phi) is 4.78. The molecule has 0 bridgehead atoms. The van der Waals surface area contributed by atoms with E-state index in [1.165, 1.54) is 12.1 Å². The van der Waals surface area contributed by atoms with Gasteiger partial charge in [-0.05, 0) is 18.6 Å². The van der Waals surface area contributed by atoms with E-state index in [2.05, 4.69) is 5.16 Å². The zero-order valence-corrected chi connectivity index (χ0v) is 11.0. The maximum atomic E-state index is 13.5. The predicted octanol–water partition coefficient (Wildman–Crippen LogP) is 3.02. The lowest BCUT2D eigenvalue weighted by atomic mass is 9.88. The summed E-state index contributed by atoms with van der Waals surface area (Å²) in [4.78, 5) is 0. The van der Waals surface area contributed by atoms with Crippen LogP contribution in [-0.4, -0.2) is 17.6 Å². The fourth-order valence-electron chi connectivity index (χ4n) is 1.28. The standard InChI is InChI=1S/C12H16ClFN2O2/c1-12(2,11(15)16-17)6-7-18-9-5-3-4-8(13)10(9)14/h3-5,17H,6-7H2,1-2H3,(H2,15,16). The minimum absolute atomic E-state index is 0.0168. The predicted molar refractivity (Wildman–Crippen MR) is 68.7 cm³/mol. The molecule has 3 N–H and O–H groups in total. The zero-order valence-electron chi connectivity index (χ0n) is 10.3. The first-order chi connectivity index (χ1) is 8.38. The van der Waals surface area contributed by atoms with Crippen LogP contribution < -0.4 is 10.5 Å². The van der Waals surface area contributed by atoms with Gasteiger partial charge in [-0.15, -0.1) is 0 Å². The van der Waals surface area contributed by atoms with Gasteiger partial charge in [-0.1, -0.05) is 36.7 Å². The van der Waals surface area contributed by atoms with E-state index >= 15 is 0 Å². The van der Waals surface area contributed by atoms with Crippen molar-refractivity contribution in [3.8, 4) is 5.75 Å². The molecular formula is C12H16ClFN2O2. The molecule has 0 heterocycles. The SMILES string of the molecule is CC(C)(CCOc1cccc(Cl)c1F)/C(N)=N/O. The van der Waals surface area contributed by atoms with Gasteiger partial charge in [0, 0.05) is 5.41 Å². The van der Waals surface area contributed by atoms with Crippen LogP contribution in [0.15, 0.2) is 23.4 Å². The number of hydrogen-bond acceptors (Lipinski definition) is 3. The lowest BCUT2D eigenvalue weighted by molar-refractivity contribution is 0.251. The molecule has 0 aromatic heterocycles. The highest BCUT2D eigenvalue weighted by Crippen LogP contribution is 2.26. The fourth-order valence-corrected chi connectivity index (χ4v) is 1.44. The van der Waals surface area contributed by atoms with Crippen molar-refractivity contribution in [2.75, 3.05) is 6.61 Å². The van der Waals surface area contributed by atoms with Crippen molar-refractivity contribution in [1.29, 1.82) is 0 Å². The summed E-state index contributed by atoms with van der Waals surface area (Å²) in [5.41, 5.74) is 5.01. The molecule has 0 aliphatic rings. The van der Waals surface area contributed by atoms with Crippen molar-refractivity contribution in [2.24, 2.45) is 16.3 Å². The highest BCUT2D eigenvalue weighted by atomic mass is 35.5. The molecule has 1 aromatic carbocycles. The van der Waals surface area contributed by atoms with Crippen LogP contribution in [-0.2, 0) is 0 Å². The Morgan fingerprint density at radius 3 is 2.83 bits per heavy atom. The summed E-state index contributed by atoms with van der Waals surface area (Å²) >= 11 is 5.63. The smallest absolute Gasteiger partial charge is 0.183 e. The van der Waals surface area contributed by atoms with E-state index in [-0.39, 0.29) is 23.2 Å². The number of halogens is 2. The van der Waals surface area contributed by atoms with E-state index in [4.69, 9.17) is 27.3 Å². The Morgan fingerprint density at radius 2 is 2.22 bits per heavy atom. The van der Waals surface area contributed by atoms with E-state index in [1.54, 1.807) is 19.9 Å². The number of rotatable bonds is 5. The molecule has 0 unspecified atom stereocenters. The molecule has 0 spiro atoms. The topological polar surface area (TPSA) is 67.8 Å². The summed E-state index contributed by atoms with van der Waals surface area (Å²) in [6.45, 7) is 3.85. The van der Waals surface area contributed by atoms with Crippen molar-refractivity contribution >= 4 is 17.4 Å². The van der Waals surface area contributed by atoms with Crippen LogP contribution in [0.5, 0.6) is 5.75 Å². The van der Waals surface area contributed by atoms with Gasteiger partial charge in [-0.25, -0.2) is 4.39 Å². The molecule has 1 aromatic rings. The van der Waals surface area contributed by atoms with Crippen LogP contribution in [0.25, 0.3) is 0 Å². The molecule has 0 saturated carbocycles. The van der Waals surface area contributed by atoms with Crippen LogP contribution in [0, 0.1) is 11.2 Å². The highest BCUT2D eigenvalue weighted by Gasteiger charge is 2.23. The second-order valence-electron chi connectivity index (χ2n) is 4.52. The zero-order chi connectivity index (χ0) is 13.8. The van der Waals surface area contributed by atoms with Gasteiger partial charge in [0.05, 0.1) is 11.6 Å². The Hall–Kier alpha value is -1.49. The van der Waals surface area contributed by atoms with Crippen molar-refractivity contribution in [2.45, 2.75) is 20.3 Å². The summed E-state index contributed by atoms with van der Waals surface area (Å²) in [6.07, 6.45) is 0.481. The highest BCUT2D eigenvalue weighted by molar-refractivity contribution is 6.30. The Bertz CT molecular complexity index is 450. The quantitative estimate of drug-likeness (QED) is 0.375. The van der Waals surface area contributed by atoms with E-state index in [0.717, 1.165) is 0 Å². The molecule has 0 aliphatic heterocycles. The lowest BCUT2D eigenvalue weighted by Crippen LogP contribution is -2.33. The molecule has 4 nitrogen and oxygen atoms in total. The van der Waals surface area contributed by atoms with Crippen LogP contribution >= 0.6 is 11.6 Å². The van der Waals surface area contributed by atoms with Crippen LogP contribution in [0.2, 0.25) is 5.02 Å². The first-order valence-electron chi connectivity index (χ1n) is 5.43. The van der Waals surface area contributed by atoms with Crippen LogP contribution in [0.1, 0.15) is 20.3 Å². The second-order valence-corrected chi connectivity index (χ2v) is 4.93. The molecule has 6 heteroatoms. The maximum Gasteiger partial charge on any atom is 0.183 e. The monoisotopic (exact) mass is 274 g/mol.